The Morgan fingerprint density at radius 3 is 2.36 bits per heavy atom. The van der Waals surface area contributed by atoms with Gasteiger partial charge in [-0.2, -0.15) is 0 Å². The van der Waals surface area contributed by atoms with Gasteiger partial charge in [0.1, 0.15) is 0 Å². The molecule has 1 aliphatic rings. The van der Waals surface area contributed by atoms with Crippen LogP contribution in [0.1, 0.15) is 53.9 Å². The highest BCUT2D eigenvalue weighted by Gasteiger charge is 2.36. The van der Waals surface area contributed by atoms with Crippen molar-refractivity contribution in [3.63, 3.8) is 0 Å². The van der Waals surface area contributed by atoms with Crippen LogP contribution in [0.4, 0.5) is 0 Å². The van der Waals surface area contributed by atoms with Gasteiger partial charge in [0.25, 0.3) is 0 Å². The molecule has 0 unspecified atom stereocenters. The first kappa shape index (κ1) is 18.8. The fraction of sp³-hybridized carbons (Fsp3) is 0.765. The number of likely N-dealkylation sites (N-methyl/N-ethyl adjacent to an activating group) is 1. The highest BCUT2D eigenvalue weighted by Crippen LogP contribution is 2.24. The van der Waals surface area contributed by atoms with E-state index in [2.05, 4.69) is 24.5 Å². The molecule has 0 saturated heterocycles. The van der Waals surface area contributed by atoms with Gasteiger partial charge in [-0.15, -0.1) is 0 Å². The van der Waals surface area contributed by atoms with E-state index in [9.17, 15) is 9.59 Å². The van der Waals surface area contributed by atoms with Crippen molar-refractivity contribution in [1.82, 2.24) is 10.6 Å². The van der Waals surface area contributed by atoms with E-state index in [0.29, 0.717) is 6.42 Å². The van der Waals surface area contributed by atoms with Crippen LogP contribution < -0.4 is 10.6 Å². The van der Waals surface area contributed by atoms with E-state index in [1.165, 1.54) is 6.92 Å². The normalized spacial score (nSPS) is 25.0. The third-order valence-corrected chi connectivity index (χ3v) is 4.14. The van der Waals surface area contributed by atoms with Gasteiger partial charge in [-0.1, -0.05) is 20.8 Å². The maximum atomic E-state index is 11.8. The number of carbonyl (C=O) groups is 2. The Balaban J connectivity index is 3.06. The topological polar surface area (TPSA) is 67.4 Å². The summed E-state index contributed by atoms with van der Waals surface area (Å²) in [5, 5.41) is 6.37. The summed E-state index contributed by atoms with van der Waals surface area (Å²) in [5.74, 6) is -0.00644. The van der Waals surface area contributed by atoms with Gasteiger partial charge >= 0.3 is 0 Å². The first-order valence-electron chi connectivity index (χ1n) is 8.30. The van der Waals surface area contributed by atoms with Crippen LogP contribution >= 0.6 is 0 Å². The molecule has 22 heavy (non-hydrogen) atoms. The fourth-order valence-corrected chi connectivity index (χ4v) is 2.93. The van der Waals surface area contributed by atoms with Gasteiger partial charge in [0.05, 0.1) is 18.2 Å². The van der Waals surface area contributed by atoms with Gasteiger partial charge in [-0.25, -0.2) is 0 Å². The van der Waals surface area contributed by atoms with Crippen LogP contribution in [0.3, 0.4) is 0 Å². The molecule has 126 valence electrons. The van der Waals surface area contributed by atoms with Crippen molar-refractivity contribution in [2.24, 2.45) is 0 Å². The van der Waals surface area contributed by atoms with E-state index < -0.39 is 0 Å². The van der Waals surface area contributed by atoms with Crippen molar-refractivity contribution >= 4 is 11.7 Å². The number of amides is 1. The highest BCUT2D eigenvalue weighted by atomic mass is 16.5. The van der Waals surface area contributed by atoms with E-state index in [4.69, 9.17) is 4.74 Å². The van der Waals surface area contributed by atoms with Gasteiger partial charge < -0.3 is 15.4 Å². The zero-order valence-corrected chi connectivity index (χ0v) is 14.4. The Kier molecular flexibility index (Phi) is 7.76. The molecule has 0 spiro atoms. The number of rotatable bonds is 8. The predicted octanol–water partition coefficient (Wildman–Crippen LogP) is 1.96. The van der Waals surface area contributed by atoms with Gasteiger partial charge in [-0.3, -0.25) is 9.59 Å². The number of nitrogens with one attached hydrogen (secondary N) is 2. The zero-order valence-electron chi connectivity index (χ0n) is 14.4. The molecule has 5 nitrogen and oxygen atoms in total. The van der Waals surface area contributed by atoms with Gasteiger partial charge in [0, 0.05) is 13.0 Å². The molecule has 5 heteroatoms. The monoisotopic (exact) mass is 310 g/mol. The van der Waals surface area contributed by atoms with Crippen molar-refractivity contribution < 1.29 is 14.3 Å². The Morgan fingerprint density at radius 2 is 1.91 bits per heavy atom. The molecule has 0 radical (unpaired) electrons. The van der Waals surface area contributed by atoms with Crippen LogP contribution in [0.5, 0.6) is 0 Å². The minimum atomic E-state index is -0.273. The summed E-state index contributed by atoms with van der Waals surface area (Å²) in [6.07, 6.45) is 4.20. The van der Waals surface area contributed by atoms with Crippen LogP contribution in [-0.4, -0.2) is 42.5 Å². The lowest BCUT2D eigenvalue weighted by atomic mass is 9.86. The number of ketones is 1. The summed E-state index contributed by atoms with van der Waals surface area (Å²) in [7, 11) is 0. The number of carbonyl (C=O) groups excluding carboxylic acids is 2. The molecule has 1 rings (SSSR count). The fourth-order valence-electron chi connectivity index (χ4n) is 2.93. The van der Waals surface area contributed by atoms with Crippen LogP contribution in [-0.2, 0) is 14.3 Å². The van der Waals surface area contributed by atoms with Crippen molar-refractivity contribution in [2.75, 3.05) is 6.54 Å². The van der Waals surface area contributed by atoms with Crippen LogP contribution in [0.15, 0.2) is 11.6 Å². The van der Waals surface area contributed by atoms with Crippen molar-refractivity contribution in [1.29, 1.82) is 0 Å². The third-order valence-electron chi connectivity index (χ3n) is 4.14. The van der Waals surface area contributed by atoms with Gasteiger partial charge in [0.15, 0.2) is 5.78 Å². The van der Waals surface area contributed by atoms with Crippen molar-refractivity contribution in [3.05, 3.63) is 11.6 Å². The second-order valence-electron chi connectivity index (χ2n) is 5.88. The summed E-state index contributed by atoms with van der Waals surface area (Å²) in [4.78, 5) is 23.4. The maximum Gasteiger partial charge on any atom is 0.217 e. The molecule has 1 aliphatic carbocycles. The van der Waals surface area contributed by atoms with Crippen molar-refractivity contribution in [3.8, 4) is 0 Å². The number of hydrogen-bond donors (Lipinski definition) is 2. The molecule has 1 amide bonds. The SMILES string of the molecule is CCN[C@H]1CC(C(C)=O)=C[C@@H](OC(CC)CC)[C@@H]1NC(C)=O. The molecule has 0 saturated carbocycles. The summed E-state index contributed by atoms with van der Waals surface area (Å²) >= 11 is 0. The van der Waals surface area contributed by atoms with E-state index in [1.807, 2.05) is 13.0 Å². The van der Waals surface area contributed by atoms with E-state index in [1.54, 1.807) is 6.92 Å². The Morgan fingerprint density at radius 1 is 1.27 bits per heavy atom. The minimum absolute atomic E-state index is 0.0113. The number of ether oxygens (including phenoxy) is 1. The Labute approximate surface area is 133 Å². The lowest BCUT2D eigenvalue weighted by Gasteiger charge is -2.38. The smallest absolute Gasteiger partial charge is 0.217 e. The molecule has 0 fully saturated rings. The van der Waals surface area contributed by atoms with Crippen LogP contribution in [0.25, 0.3) is 0 Å². The molecule has 0 aromatic carbocycles. The largest absolute Gasteiger partial charge is 0.369 e. The second kappa shape index (κ2) is 9.06. The van der Waals surface area contributed by atoms with Crippen LogP contribution in [0, 0.1) is 0 Å². The molecule has 0 aromatic rings. The highest BCUT2D eigenvalue weighted by molar-refractivity contribution is 5.93. The quantitative estimate of drug-likeness (QED) is 0.719. The third kappa shape index (κ3) is 5.21. The summed E-state index contributed by atoms with van der Waals surface area (Å²) in [6, 6.07) is -0.140. The predicted molar refractivity (Wildman–Crippen MR) is 87.7 cm³/mol. The molecule has 0 heterocycles. The summed E-state index contributed by atoms with van der Waals surface area (Å²) in [6.45, 7) is 10.1. The van der Waals surface area contributed by atoms with Crippen LogP contribution in [0.2, 0.25) is 0 Å². The zero-order chi connectivity index (χ0) is 16.7. The Bertz CT molecular complexity index is 416. The molecule has 0 bridgehead atoms. The number of hydrogen-bond acceptors (Lipinski definition) is 4. The van der Waals surface area contributed by atoms with E-state index in [0.717, 1.165) is 25.0 Å². The summed E-state index contributed by atoms with van der Waals surface area (Å²) < 4.78 is 6.18. The van der Waals surface area contributed by atoms with Crippen molar-refractivity contribution in [2.45, 2.75) is 78.2 Å². The molecule has 0 aliphatic heterocycles. The lowest BCUT2D eigenvalue weighted by Crippen LogP contribution is -2.58. The van der Waals surface area contributed by atoms with Gasteiger partial charge in [-0.05, 0) is 44.4 Å². The number of Topliss-reactive ketones (excluding diaryl/α,β-unsaturated/α-hetero) is 1. The van der Waals surface area contributed by atoms with Gasteiger partial charge in [0.2, 0.25) is 5.91 Å². The van der Waals surface area contributed by atoms with E-state index in [-0.39, 0.29) is 36.0 Å². The average Bonchev–Trinajstić information content (AvgIpc) is 2.46. The molecule has 2 N–H and O–H groups in total. The maximum absolute atomic E-state index is 11.8. The summed E-state index contributed by atoms with van der Waals surface area (Å²) in [5.41, 5.74) is 0.781. The first-order valence-corrected chi connectivity index (χ1v) is 8.30. The molecular formula is C17H30N2O3. The molecule has 3 atom stereocenters. The standard InChI is InChI=1S/C17H30N2O3/c1-6-14(7-2)22-16-10-13(11(4)20)9-15(18-8-3)17(16)19-12(5)21/h10,14-18H,6-9H2,1-5H3,(H,19,21)/t15-,16+,17+/m0/s1. The van der Waals surface area contributed by atoms with E-state index >= 15 is 0 Å². The molecular weight excluding hydrogens is 280 g/mol. The Hall–Kier alpha value is -1.20. The lowest BCUT2D eigenvalue weighted by molar-refractivity contribution is -0.121. The molecule has 0 aromatic heterocycles. The minimum Gasteiger partial charge on any atom is -0.369 e. The first-order chi connectivity index (χ1) is 10.4. The second-order valence-corrected chi connectivity index (χ2v) is 5.88. The average molecular weight is 310 g/mol.